The summed E-state index contributed by atoms with van der Waals surface area (Å²) in [7, 11) is 0. The Morgan fingerprint density at radius 1 is 1.35 bits per heavy atom. The monoisotopic (exact) mass is 285 g/mol. The zero-order chi connectivity index (χ0) is 15.3. The molecule has 20 heavy (non-hydrogen) atoms. The summed E-state index contributed by atoms with van der Waals surface area (Å²) in [6, 6.07) is -1.86. The lowest BCUT2D eigenvalue weighted by molar-refractivity contribution is -0.142. The van der Waals surface area contributed by atoms with Crippen LogP contribution in [0.3, 0.4) is 0 Å². The molecular weight excluding hydrogens is 262 g/mol. The second-order valence-electron chi connectivity index (χ2n) is 5.36. The molecule has 0 heterocycles. The van der Waals surface area contributed by atoms with Crippen molar-refractivity contribution in [3.05, 3.63) is 0 Å². The van der Waals surface area contributed by atoms with Gasteiger partial charge in [-0.1, -0.05) is 26.7 Å². The first-order valence-corrected chi connectivity index (χ1v) is 6.96. The summed E-state index contributed by atoms with van der Waals surface area (Å²) in [6.45, 7) is 3.74. The van der Waals surface area contributed by atoms with E-state index >= 15 is 0 Å². The van der Waals surface area contributed by atoms with E-state index in [4.69, 9.17) is 10.8 Å². The number of carboxylic acid groups (broad SMARTS) is 1. The van der Waals surface area contributed by atoms with Gasteiger partial charge in [0.25, 0.3) is 0 Å². The van der Waals surface area contributed by atoms with Crippen molar-refractivity contribution in [1.29, 1.82) is 0 Å². The second-order valence-corrected chi connectivity index (χ2v) is 5.36. The van der Waals surface area contributed by atoms with Crippen LogP contribution in [0.4, 0.5) is 4.79 Å². The van der Waals surface area contributed by atoms with Crippen LogP contribution < -0.4 is 16.4 Å². The average Bonchev–Trinajstić information content (AvgIpc) is 2.82. The first-order chi connectivity index (χ1) is 9.36. The van der Waals surface area contributed by atoms with Crippen molar-refractivity contribution in [3.8, 4) is 0 Å². The van der Waals surface area contributed by atoms with E-state index in [1.165, 1.54) is 0 Å². The molecule has 4 atom stereocenters. The molecule has 0 bridgehead atoms. The van der Waals surface area contributed by atoms with Crippen molar-refractivity contribution >= 4 is 17.9 Å². The van der Waals surface area contributed by atoms with Gasteiger partial charge in [0.05, 0.1) is 5.92 Å². The van der Waals surface area contributed by atoms with Crippen LogP contribution >= 0.6 is 0 Å². The zero-order valence-electron chi connectivity index (χ0n) is 11.9. The minimum absolute atomic E-state index is 0.0767. The van der Waals surface area contributed by atoms with Gasteiger partial charge in [-0.3, -0.25) is 9.59 Å². The van der Waals surface area contributed by atoms with E-state index in [0.717, 1.165) is 6.42 Å². The number of urea groups is 1. The number of nitrogens with two attached hydrogens (primary N) is 1. The summed E-state index contributed by atoms with van der Waals surface area (Å²) in [6.07, 6.45) is 2.69. The molecule has 0 radical (unpaired) electrons. The Labute approximate surface area is 118 Å². The molecule has 7 nitrogen and oxygen atoms in total. The van der Waals surface area contributed by atoms with Gasteiger partial charge in [-0.2, -0.15) is 0 Å². The van der Waals surface area contributed by atoms with E-state index in [1.807, 2.05) is 13.8 Å². The number of amides is 3. The molecule has 1 fully saturated rings. The quantitative estimate of drug-likeness (QED) is 0.565. The Hall–Kier alpha value is -1.79. The number of carbonyl (C=O) groups is 3. The Kier molecular flexibility index (Phi) is 5.79. The molecule has 0 aromatic carbocycles. The fourth-order valence-electron chi connectivity index (χ4n) is 2.56. The summed E-state index contributed by atoms with van der Waals surface area (Å²) in [5.41, 5.74) is 5.08. The number of aliphatic carboxylic acids is 1. The zero-order valence-corrected chi connectivity index (χ0v) is 11.9. The topological polar surface area (TPSA) is 122 Å². The minimum Gasteiger partial charge on any atom is -0.481 e. The minimum atomic E-state index is -0.893. The van der Waals surface area contributed by atoms with Crippen molar-refractivity contribution < 1.29 is 19.5 Å². The smallest absolute Gasteiger partial charge is 0.312 e. The molecule has 1 rings (SSSR count). The maximum Gasteiger partial charge on any atom is 0.312 e. The lowest BCUT2D eigenvalue weighted by Gasteiger charge is -2.26. The standard InChI is InChI=1S/C13H23N3O4/c1-3-7(2)10(16-13(14)20)11(17)15-9-6-4-5-8(9)12(18)19/h7-10H,3-6H2,1-2H3,(H,15,17)(H,18,19)(H3,14,16,20). The molecule has 0 aromatic rings. The average molecular weight is 285 g/mol. The third kappa shape index (κ3) is 4.11. The molecule has 4 unspecified atom stereocenters. The Balaban J connectivity index is 2.70. The van der Waals surface area contributed by atoms with Gasteiger partial charge in [-0.25, -0.2) is 4.79 Å². The predicted octanol–water partition coefficient (Wildman–Crippen LogP) is 0.439. The fourth-order valence-corrected chi connectivity index (χ4v) is 2.56. The van der Waals surface area contributed by atoms with Crippen molar-refractivity contribution in [2.24, 2.45) is 17.6 Å². The molecule has 7 heteroatoms. The number of nitrogens with one attached hydrogen (secondary N) is 2. The van der Waals surface area contributed by atoms with E-state index in [9.17, 15) is 14.4 Å². The van der Waals surface area contributed by atoms with E-state index in [-0.39, 0.29) is 17.9 Å². The van der Waals surface area contributed by atoms with Gasteiger partial charge < -0.3 is 21.5 Å². The third-order valence-electron chi connectivity index (χ3n) is 3.95. The van der Waals surface area contributed by atoms with Crippen LogP contribution in [0.5, 0.6) is 0 Å². The SMILES string of the molecule is CCC(C)C(NC(N)=O)C(=O)NC1CCCC1C(=O)O. The van der Waals surface area contributed by atoms with E-state index < -0.39 is 24.0 Å². The maximum atomic E-state index is 12.2. The molecule has 1 aliphatic rings. The summed E-state index contributed by atoms with van der Waals surface area (Å²) < 4.78 is 0. The lowest BCUT2D eigenvalue weighted by Crippen LogP contribution is -2.54. The summed E-state index contributed by atoms with van der Waals surface area (Å²) in [5, 5.41) is 14.3. The van der Waals surface area contributed by atoms with Crippen LogP contribution in [-0.2, 0) is 9.59 Å². The summed E-state index contributed by atoms with van der Waals surface area (Å²) >= 11 is 0. The van der Waals surface area contributed by atoms with Gasteiger partial charge >= 0.3 is 12.0 Å². The van der Waals surface area contributed by atoms with Crippen molar-refractivity contribution in [2.45, 2.75) is 51.6 Å². The summed E-state index contributed by atoms with van der Waals surface area (Å²) in [5.74, 6) is -1.88. The van der Waals surface area contributed by atoms with Crippen LogP contribution in [0.2, 0.25) is 0 Å². The predicted molar refractivity (Wildman–Crippen MR) is 72.9 cm³/mol. The third-order valence-corrected chi connectivity index (χ3v) is 3.95. The summed E-state index contributed by atoms with van der Waals surface area (Å²) in [4.78, 5) is 34.3. The highest BCUT2D eigenvalue weighted by Gasteiger charge is 2.36. The molecule has 3 amide bonds. The largest absolute Gasteiger partial charge is 0.481 e. The Morgan fingerprint density at radius 2 is 2.00 bits per heavy atom. The van der Waals surface area contributed by atoms with Gasteiger partial charge in [0.2, 0.25) is 5.91 Å². The highest BCUT2D eigenvalue weighted by Crippen LogP contribution is 2.26. The van der Waals surface area contributed by atoms with E-state index in [0.29, 0.717) is 19.3 Å². The Bertz CT molecular complexity index is 386. The molecule has 1 aliphatic carbocycles. The first kappa shape index (κ1) is 16.3. The molecule has 0 saturated heterocycles. The molecule has 0 aliphatic heterocycles. The van der Waals surface area contributed by atoms with Gasteiger partial charge in [0.1, 0.15) is 6.04 Å². The first-order valence-electron chi connectivity index (χ1n) is 6.96. The van der Waals surface area contributed by atoms with Crippen LogP contribution in [0.15, 0.2) is 0 Å². The Morgan fingerprint density at radius 3 is 2.50 bits per heavy atom. The lowest BCUT2D eigenvalue weighted by atomic mass is 9.97. The normalized spacial score (nSPS) is 24.7. The van der Waals surface area contributed by atoms with Crippen molar-refractivity contribution in [3.63, 3.8) is 0 Å². The van der Waals surface area contributed by atoms with Gasteiger partial charge in [-0.05, 0) is 18.8 Å². The van der Waals surface area contributed by atoms with Crippen LogP contribution in [0.1, 0.15) is 39.5 Å². The van der Waals surface area contributed by atoms with Gasteiger partial charge in [0, 0.05) is 6.04 Å². The molecular formula is C13H23N3O4. The van der Waals surface area contributed by atoms with Gasteiger partial charge in [0.15, 0.2) is 0 Å². The molecule has 0 aromatic heterocycles. The van der Waals surface area contributed by atoms with Crippen LogP contribution in [-0.4, -0.2) is 35.1 Å². The highest BCUT2D eigenvalue weighted by molar-refractivity contribution is 5.87. The number of carboxylic acids is 1. The number of primary amides is 1. The number of hydrogen-bond donors (Lipinski definition) is 4. The number of rotatable bonds is 6. The molecule has 5 N–H and O–H groups in total. The molecule has 114 valence electrons. The second kappa shape index (κ2) is 7.12. The van der Waals surface area contributed by atoms with Crippen LogP contribution in [0.25, 0.3) is 0 Å². The maximum absolute atomic E-state index is 12.2. The highest BCUT2D eigenvalue weighted by atomic mass is 16.4. The number of hydrogen-bond acceptors (Lipinski definition) is 3. The van der Waals surface area contributed by atoms with Crippen molar-refractivity contribution in [2.75, 3.05) is 0 Å². The van der Waals surface area contributed by atoms with Gasteiger partial charge in [-0.15, -0.1) is 0 Å². The molecule has 1 saturated carbocycles. The van der Waals surface area contributed by atoms with E-state index in [1.54, 1.807) is 0 Å². The van der Waals surface area contributed by atoms with Crippen LogP contribution in [0, 0.1) is 11.8 Å². The fraction of sp³-hybridized carbons (Fsp3) is 0.769. The van der Waals surface area contributed by atoms with Crippen molar-refractivity contribution in [1.82, 2.24) is 10.6 Å². The number of carbonyl (C=O) groups excluding carboxylic acids is 2. The van der Waals surface area contributed by atoms with E-state index in [2.05, 4.69) is 10.6 Å². The molecule has 0 spiro atoms.